The lowest BCUT2D eigenvalue weighted by atomic mass is 9.95. The van der Waals surface area contributed by atoms with Crippen molar-refractivity contribution in [3.05, 3.63) is 24.3 Å². The molecule has 0 heterocycles. The third kappa shape index (κ3) is 3.65. The van der Waals surface area contributed by atoms with Crippen molar-refractivity contribution < 1.29 is 4.74 Å². The van der Waals surface area contributed by atoms with Gasteiger partial charge in [-0.25, -0.2) is 0 Å². The summed E-state index contributed by atoms with van der Waals surface area (Å²) in [5.41, 5.74) is 0. The second kappa shape index (κ2) is 6.31. The fourth-order valence-corrected chi connectivity index (χ4v) is 3.65. The molecule has 0 spiro atoms. The molecule has 0 aromatic heterocycles. The van der Waals surface area contributed by atoms with Gasteiger partial charge in [-0.2, -0.15) is 0 Å². The van der Waals surface area contributed by atoms with Crippen LogP contribution in [0.5, 0.6) is 5.75 Å². The lowest BCUT2D eigenvalue weighted by Gasteiger charge is -2.28. The van der Waals surface area contributed by atoms with Crippen LogP contribution >= 0.6 is 11.8 Å². The zero-order valence-electron chi connectivity index (χ0n) is 10.6. The molecule has 0 bridgehead atoms. The number of methoxy groups -OCH3 is 1. The van der Waals surface area contributed by atoms with Crippen molar-refractivity contribution in [1.29, 1.82) is 0 Å². The maximum absolute atomic E-state index is 5.17. The number of rotatable bonds is 4. The van der Waals surface area contributed by atoms with Gasteiger partial charge in [0.2, 0.25) is 0 Å². The Morgan fingerprint density at radius 2 is 2.00 bits per heavy atom. The molecular weight excluding hydrogens is 230 g/mol. The van der Waals surface area contributed by atoms with Gasteiger partial charge in [0.05, 0.1) is 7.11 Å². The molecule has 1 aromatic rings. The molecule has 2 nitrogen and oxygen atoms in total. The summed E-state index contributed by atoms with van der Waals surface area (Å²) in [7, 11) is 3.78. The van der Waals surface area contributed by atoms with Crippen LogP contribution in [0.4, 0.5) is 0 Å². The van der Waals surface area contributed by atoms with Gasteiger partial charge >= 0.3 is 0 Å². The highest BCUT2D eigenvalue weighted by Gasteiger charge is 2.21. The summed E-state index contributed by atoms with van der Waals surface area (Å²) in [6.07, 6.45) is 5.30. The zero-order valence-corrected chi connectivity index (χ0v) is 11.4. The van der Waals surface area contributed by atoms with E-state index in [-0.39, 0.29) is 0 Å². The van der Waals surface area contributed by atoms with E-state index in [2.05, 4.69) is 24.5 Å². The van der Waals surface area contributed by atoms with Crippen molar-refractivity contribution in [2.24, 2.45) is 0 Å². The number of nitrogens with one attached hydrogen (secondary N) is 1. The minimum atomic E-state index is 0.708. The van der Waals surface area contributed by atoms with Crippen molar-refractivity contribution >= 4 is 11.8 Å². The molecule has 1 saturated carbocycles. The Morgan fingerprint density at radius 1 is 1.24 bits per heavy atom. The third-order valence-electron chi connectivity index (χ3n) is 3.40. The largest absolute Gasteiger partial charge is 0.497 e. The van der Waals surface area contributed by atoms with Gasteiger partial charge in [-0.1, -0.05) is 6.42 Å². The Bertz CT molecular complexity index is 339. The summed E-state index contributed by atoms with van der Waals surface area (Å²) < 4.78 is 5.17. The summed E-state index contributed by atoms with van der Waals surface area (Å²) in [6, 6.07) is 9.11. The molecule has 1 aromatic carbocycles. The molecule has 1 aliphatic carbocycles. The first kappa shape index (κ1) is 12.8. The average Bonchev–Trinajstić information content (AvgIpc) is 2.40. The summed E-state index contributed by atoms with van der Waals surface area (Å²) in [6.45, 7) is 0. The molecule has 0 saturated heterocycles. The number of hydrogen-bond acceptors (Lipinski definition) is 3. The smallest absolute Gasteiger partial charge is 0.118 e. The van der Waals surface area contributed by atoms with E-state index in [1.165, 1.54) is 30.6 Å². The first-order chi connectivity index (χ1) is 8.31. The van der Waals surface area contributed by atoms with Crippen LogP contribution in [-0.2, 0) is 0 Å². The van der Waals surface area contributed by atoms with E-state index >= 15 is 0 Å². The van der Waals surface area contributed by atoms with Crippen LogP contribution in [0, 0.1) is 0 Å². The number of benzene rings is 1. The van der Waals surface area contributed by atoms with Crippen LogP contribution < -0.4 is 10.1 Å². The molecule has 0 radical (unpaired) electrons. The summed E-state index contributed by atoms with van der Waals surface area (Å²) in [5, 5.41) is 4.16. The molecule has 0 amide bonds. The van der Waals surface area contributed by atoms with Crippen molar-refractivity contribution in [2.75, 3.05) is 14.2 Å². The van der Waals surface area contributed by atoms with Gasteiger partial charge < -0.3 is 10.1 Å². The van der Waals surface area contributed by atoms with Gasteiger partial charge in [-0.15, -0.1) is 11.8 Å². The second-order valence-electron chi connectivity index (χ2n) is 4.57. The highest BCUT2D eigenvalue weighted by Crippen LogP contribution is 2.34. The Kier molecular flexibility index (Phi) is 4.75. The third-order valence-corrected chi connectivity index (χ3v) is 4.70. The van der Waals surface area contributed by atoms with Crippen molar-refractivity contribution in [3.63, 3.8) is 0 Å². The van der Waals surface area contributed by atoms with Crippen LogP contribution in [0.3, 0.4) is 0 Å². The predicted molar refractivity (Wildman–Crippen MR) is 74.0 cm³/mol. The van der Waals surface area contributed by atoms with Crippen molar-refractivity contribution in [1.82, 2.24) is 5.32 Å². The van der Waals surface area contributed by atoms with Crippen LogP contribution in [0.2, 0.25) is 0 Å². The number of thioether (sulfide) groups is 1. The standard InChI is InChI=1S/C14H21NOS/c1-15-11-4-3-5-14(10-11)17-13-8-6-12(16-2)7-9-13/h6-9,11,14-15H,3-5,10H2,1-2H3. The monoisotopic (exact) mass is 251 g/mol. The molecule has 2 rings (SSSR count). The zero-order chi connectivity index (χ0) is 12.1. The normalized spacial score (nSPS) is 24.6. The molecule has 2 unspecified atom stereocenters. The summed E-state index contributed by atoms with van der Waals surface area (Å²) in [5.74, 6) is 0.936. The number of ether oxygens (including phenoxy) is 1. The van der Waals surface area contributed by atoms with Crippen LogP contribution in [0.25, 0.3) is 0 Å². The molecule has 1 aliphatic rings. The minimum absolute atomic E-state index is 0.708. The molecule has 1 fully saturated rings. The molecular formula is C14H21NOS. The minimum Gasteiger partial charge on any atom is -0.497 e. The predicted octanol–water partition coefficient (Wildman–Crippen LogP) is 3.32. The van der Waals surface area contributed by atoms with E-state index in [0.717, 1.165) is 11.0 Å². The van der Waals surface area contributed by atoms with Crippen LogP contribution in [-0.4, -0.2) is 25.4 Å². The number of hydrogen-bond donors (Lipinski definition) is 1. The molecule has 17 heavy (non-hydrogen) atoms. The maximum Gasteiger partial charge on any atom is 0.118 e. The fourth-order valence-electron chi connectivity index (χ4n) is 2.36. The Balaban J connectivity index is 1.90. The van der Waals surface area contributed by atoms with Crippen LogP contribution in [0.1, 0.15) is 25.7 Å². The summed E-state index contributed by atoms with van der Waals surface area (Å²) in [4.78, 5) is 1.35. The molecule has 0 aliphatic heterocycles. The summed E-state index contributed by atoms with van der Waals surface area (Å²) >= 11 is 2.01. The Hall–Kier alpha value is -0.670. The van der Waals surface area contributed by atoms with E-state index in [1.54, 1.807) is 7.11 Å². The van der Waals surface area contributed by atoms with E-state index in [0.29, 0.717) is 6.04 Å². The van der Waals surface area contributed by atoms with Gasteiger partial charge in [-0.05, 0) is 50.6 Å². The Morgan fingerprint density at radius 3 is 2.65 bits per heavy atom. The molecule has 3 heteroatoms. The van der Waals surface area contributed by atoms with Gasteiger partial charge in [-0.3, -0.25) is 0 Å². The van der Waals surface area contributed by atoms with E-state index in [9.17, 15) is 0 Å². The fraction of sp³-hybridized carbons (Fsp3) is 0.571. The SMILES string of the molecule is CNC1CCCC(Sc2ccc(OC)cc2)C1. The lowest BCUT2D eigenvalue weighted by Crippen LogP contribution is -2.32. The van der Waals surface area contributed by atoms with Gasteiger partial charge in [0.15, 0.2) is 0 Å². The quantitative estimate of drug-likeness (QED) is 0.887. The van der Waals surface area contributed by atoms with Gasteiger partial charge in [0, 0.05) is 16.2 Å². The average molecular weight is 251 g/mol. The Labute approximate surface area is 108 Å². The topological polar surface area (TPSA) is 21.3 Å². The second-order valence-corrected chi connectivity index (χ2v) is 5.94. The molecule has 94 valence electrons. The van der Waals surface area contributed by atoms with Gasteiger partial charge in [0.1, 0.15) is 5.75 Å². The van der Waals surface area contributed by atoms with E-state index < -0.39 is 0 Å². The molecule has 1 N–H and O–H groups in total. The first-order valence-electron chi connectivity index (χ1n) is 6.30. The van der Waals surface area contributed by atoms with E-state index in [1.807, 2.05) is 23.9 Å². The van der Waals surface area contributed by atoms with Crippen molar-refractivity contribution in [2.45, 2.75) is 41.9 Å². The van der Waals surface area contributed by atoms with E-state index in [4.69, 9.17) is 4.74 Å². The van der Waals surface area contributed by atoms with Crippen molar-refractivity contribution in [3.8, 4) is 5.75 Å². The highest BCUT2D eigenvalue weighted by atomic mass is 32.2. The molecule has 2 atom stereocenters. The van der Waals surface area contributed by atoms with Crippen LogP contribution in [0.15, 0.2) is 29.2 Å². The maximum atomic E-state index is 5.17. The highest BCUT2D eigenvalue weighted by molar-refractivity contribution is 8.00. The lowest BCUT2D eigenvalue weighted by molar-refractivity contribution is 0.402. The first-order valence-corrected chi connectivity index (χ1v) is 7.17. The van der Waals surface area contributed by atoms with Gasteiger partial charge in [0.25, 0.3) is 0 Å².